The van der Waals surface area contributed by atoms with E-state index in [4.69, 9.17) is 4.74 Å². The Hall–Kier alpha value is -2.14. The minimum atomic E-state index is 0. The average Bonchev–Trinajstić information content (AvgIpc) is 3.34. The molecule has 1 aliphatic carbocycles. The second kappa shape index (κ2) is 11.3. The van der Waals surface area contributed by atoms with Crippen molar-refractivity contribution >= 4 is 5.91 Å². The van der Waals surface area contributed by atoms with E-state index in [0.717, 1.165) is 37.9 Å². The van der Waals surface area contributed by atoms with Crippen LogP contribution < -0.4 is 0 Å². The van der Waals surface area contributed by atoms with Gasteiger partial charge in [-0.3, -0.25) is 9.89 Å². The topological polar surface area (TPSA) is 58.2 Å². The van der Waals surface area contributed by atoms with E-state index < -0.39 is 0 Å². The Balaban J connectivity index is 0.00000111. The minimum absolute atomic E-state index is 0. The van der Waals surface area contributed by atoms with E-state index in [0.29, 0.717) is 18.6 Å². The summed E-state index contributed by atoms with van der Waals surface area (Å²) >= 11 is 0. The standard InChI is InChI=1S/C23H31N3O2.C2H6.H2/c1-17(27)26-15-5-8-21(22-13-14-24-25-22)23(26)16-28-20-11-9-19(10-12-20)18-6-3-2-4-7-18;1-2;/h2-4,6-7,13-14,19-21,23H,5,8-12,15-16H2,1H3,(H,24,25);1-2H3;1H/t19?,20?,21?,23-;;/m0../s1. The third kappa shape index (κ3) is 5.51. The van der Waals surface area contributed by atoms with E-state index in [1.807, 2.05) is 24.8 Å². The van der Waals surface area contributed by atoms with E-state index in [2.05, 4.69) is 40.5 Å². The highest BCUT2D eigenvalue weighted by Crippen LogP contribution is 2.36. The van der Waals surface area contributed by atoms with Gasteiger partial charge in [0.2, 0.25) is 5.91 Å². The van der Waals surface area contributed by atoms with Crippen LogP contribution in [0.2, 0.25) is 0 Å². The zero-order valence-electron chi connectivity index (χ0n) is 18.7. The fraction of sp³-hybridized carbons (Fsp3) is 0.600. The summed E-state index contributed by atoms with van der Waals surface area (Å²) in [4.78, 5) is 14.2. The van der Waals surface area contributed by atoms with Gasteiger partial charge in [-0.15, -0.1) is 0 Å². The molecule has 0 spiro atoms. The zero-order valence-corrected chi connectivity index (χ0v) is 18.7. The highest BCUT2D eigenvalue weighted by Gasteiger charge is 2.35. The van der Waals surface area contributed by atoms with Gasteiger partial charge in [-0.1, -0.05) is 44.2 Å². The molecule has 2 heterocycles. The van der Waals surface area contributed by atoms with Crippen molar-refractivity contribution < 1.29 is 11.0 Å². The van der Waals surface area contributed by atoms with Crippen LogP contribution in [-0.4, -0.2) is 46.3 Å². The molecule has 2 aromatic rings. The first kappa shape index (κ1) is 22.5. The molecule has 1 N–H and O–H groups in total. The number of aromatic nitrogens is 2. The molecule has 4 rings (SSSR count). The number of rotatable bonds is 5. The number of hydrogen-bond donors (Lipinski definition) is 1. The summed E-state index contributed by atoms with van der Waals surface area (Å²) < 4.78 is 6.39. The molecule has 2 atom stereocenters. The predicted octanol–water partition coefficient (Wildman–Crippen LogP) is 5.52. The largest absolute Gasteiger partial charge is 0.376 e. The lowest BCUT2D eigenvalue weighted by Crippen LogP contribution is -2.49. The number of aromatic amines is 1. The molecule has 166 valence electrons. The summed E-state index contributed by atoms with van der Waals surface area (Å²) in [6, 6.07) is 13.0. The van der Waals surface area contributed by atoms with Crippen LogP contribution in [0.4, 0.5) is 0 Å². The number of H-pyrrole nitrogens is 1. The molecule has 2 aliphatic rings. The Morgan fingerprint density at radius 1 is 1.13 bits per heavy atom. The van der Waals surface area contributed by atoms with Gasteiger partial charge in [0.05, 0.1) is 18.8 Å². The lowest BCUT2D eigenvalue weighted by atomic mass is 9.82. The number of piperidine rings is 1. The van der Waals surface area contributed by atoms with Crippen LogP contribution in [0.15, 0.2) is 42.6 Å². The summed E-state index contributed by atoms with van der Waals surface area (Å²) in [6.07, 6.45) is 8.76. The molecule has 1 aromatic carbocycles. The summed E-state index contributed by atoms with van der Waals surface area (Å²) in [6.45, 7) is 7.12. The third-order valence-electron chi connectivity index (χ3n) is 6.55. The maximum Gasteiger partial charge on any atom is 0.219 e. The molecule has 1 aromatic heterocycles. The van der Waals surface area contributed by atoms with Crippen molar-refractivity contribution in [3.63, 3.8) is 0 Å². The van der Waals surface area contributed by atoms with Crippen molar-refractivity contribution in [3.8, 4) is 0 Å². The number of amides is 1. The van der Waals surface area contributed by atoms with Gasteiger partial charge in [-0.05, 0) is 56.1 Å². The predicted molar refractivity (Wildman–Crippen MR) is 123 cm³/mol. The minimum Gasteiger partial charge on any atom is -0.376 e. The molecule has 1 aliphatic heterocycles. The lowest BCUT2D eigenvalue weighted by molar-refractivity contribution is -0.136. The maximum absolute atomic E-state index is 12.2. The van der Waals surface area contributed by atoms with Gasteiger partial charge in [0.25, 0.3) is 0 Å². The third-order valence-corrected chi connectivity index (χ3v) is 6.55. The van der Waals surface area contributed by atoms with Crippen molar-refractivity contribution in [3.05, 3.63) is 53.9 Å². The van der Waals surface area contributed by atoms with Crippen molar-refractivity contribution in [2.75, 3.05) is 13.2 Å². The first-order valence-corrected chi connectivity index (χ1v) is 11.7. The fourth-order valence-corrected chi connectivity index (χ4v) is 5.01. The van der Waals surface area contributed by atoms with Crippen LogP contribution in [0, 0.1) is 0 Å². The van der Waals surface area contributed by atoms with Crippen molar-refractivity contribution in [1.29, 1.82) is 0 Å². The number of likely N-dealkylation sites (tertiary alicyclic amines) is 1. The van der Waals surface area contributed by atoms with Crippen molar-refractivity contribution in [2.24, 2.45) is 0 Å². The monoisotopic (exact) mass is 413 g/mol. The van der Waals surface area contributed by atoms with Gasteiger partial charge in [-0.25, -0.2) is 0 Å². The first-order chi connectivity index (χ1) is 14.7. The van der Waals surface area contributed by atoms with Crippen LogP contribution in [0.25, 0.3) is 0 Å². The molecule has 1 saturated heterocycles. The Morgan fingerprint density at radius 3 is 2.50 bits per heavy atom. The van der Waals surface area contributed by atoms with Crippen molar-refractivity contribution in [2.45, 2.75) is 83.3 Å². The molecule has 5 heteroatoms. The van der Waals surface area contributed by atoms with Crippen LogP contribution in [0.3, 0.4) is 0 Å². The zero-order chi connectivity index (χ0) is 21.3. The van der Waals surface area contributed by atoms with E-state index in [9.17, 15) is 4.79 Å². The summed E-state index contributed by atoms with van der Waals surface area (Å²) in [5, 5.41) is 7.23. The van der Waals surface area contributed by atoms with E-state index in [1.54, 1.807) is 13.1 Å². The number of carbonyl (C=O) groups excluding carboxylic acids is 1. The second-order valence-electron chi connectivity index (χ2n) is 8.26. The lowest BCUT2D eigenvalue weighted by Gasteiger charge is -2.41. The normalized spacial score (nSPS) is 26.6. The number of ether oxygens (including phenoxy) is 1. The number of carbonyl (C=O) groups is 1. The Bertz CT molecular complexity index is 745. The first-order valence-electron chi connectivity index (χ1n) is 11.7. The molecule has 1 amide bonds. The Kier molecular flexibility index (Phi) is 8.50. The number of hydrogen-bond acceptors (Lipinski definition) is 3. The summed E-state index contributed by atoms with van der Waals surface area (Å²) in [5.41, 5.74) is 2.57. The van der Waals surface area contributed by atoms with Gasteiger partial charge in [0.1, 0.15) is 0 Å². The number of benzene rings is 1. The maximum atomic E-state index is 12.2. The highest BCUT2D eigenvalue weighted by molar-refractivity contribution is 5.74. The summed E-state index contributed by atoms with van der Waals surface area (Å²) in [5.74, 6) is 1.08. The molecular weight excluding hydrogens is 374 g/mol. The number of nitrogens with zero attached hydrogens (tertiary/aromatic N) is 2. The van der Waals surface area contributed by atoms with Crippen LogP contribution in [0.5, 0.6) is 0 Å². The van der Waals surface area contributed by atoms with Gasteiger partial charge in [0.15, 0.2) is 0 Å². The smallest absolute Gasteiger partial charge is 0.219 e. The SMILES string of the molecule is CC.CC(=O)N1CCCC(c2ccn[nH]2)[C@@H]1COC1CCC(c2ccccc2)CC1.[HH]. The van der Waals surface area contributed by atoms with Crippen molar-refractivity contribution in [1.82, 2.24) is 15.1 Å². The van der Waals surface area contributed by atoms with E-state index in [-0.39, 0.29) is 19.3 Å². The number of nitrogens with one attached hydrogen (secondary N) is 1. The molecule has 5 nitrogen and oxygen atoms in total. The Labute approximate surface area is 182 Å². The average molecular weight is 414 g/mol. The van der Waals surface area contributed by atoms with Crippen LogP contribution in [0.1, 0.15) is 83.8 Å². The molecule has 1 saturated carbocycles. The second-order valence-corrected chi connectivity index (χ2v) is 8.26. The summed E-state index contributed by atoms with van der Waals surface area (Å²) in [7, 11) is 0. The van der Waals surface area contributed by atoms with Gasteiger partial charge < -0.3 is 9.64 Å². The molecule has 0 bridgehead atoms. The van der Waals surface area contributed by atoms with Gasteiger partial charge in [0, 0.05) is 32.7 Å². The molecule has 1 unspecified atom stereocenters. The quantitative estimate of drug-likeness (QED) is 0.702. The van der Waals surface area contributed by atoms with Crippen LogP contribution in [-0.2, 0) is 9.53 Å². The fourth-order valence-electron chi connectivity index (χ4n) is 5.01. The molecular formula is C25H39N3O2. The van der Waals surface area contributed by atoms with Gasteiger partial charge >= 0.3 is 0 Å². The van der Waals surface area contributed by atoms with E-state index >= 15 is 0 Å². The Morgan fingerprint density at radius 2 is 1.87 bits per heavy atom. The van der Waals surface area contributed by atoms with E-state index in [1.165, 1.54) is 18.4 Å². The molecule has 0 radical (unpaired) electrons. The molecule has 30 heavy (non-hydrogen) atoms. The highest BCUT2D eigenvalue weighted by atomic mass is 16.5. The molecule has 2 fully saturated rings. The van der Waals surface area contributed by atoms with Gasteiger partial charge in [-0.2, -0.15) is 5.10 Å². The van der Waals surface area contributed by atoms with Crippen LogP contribution >= 0.6 is 0 Å².